The number of aromatic nitrogens is 2. The summed E-state index contributed by atoms with van der Waals surface area (Å²) in [6.07, 6.45) is 5.91. The van der Waals surface area contributed by atoms with Crippen LogP contribution in [0.15, 0.2) is 0 Å². The molecule has 5 heteroatoms. The van der Waals surface area contributed by atoms with Gasteiger partial charge in [0.05, 0.1) is 11.4 Å². The topological polar surface area (TPSA) is 29.0 Å². The van der Waals surface area contributed by atoms with E-state index in [1.165, 1.54) is 19.0 Å². The van der Waals surface area contributed by atoms with E-state index in [0.29, 0.717) is 5.15 Å². The summed E-state index contributed by atoms with van der Waals surface area (Å²) >= 11 is 6.22. The molecule has 1 unspecified atom stereocenters. The Labute approximate surface area is 110 Å². The summed E-state index contributed by atoms with van der Waals surface area (Å²) in [5, 5.41) is 0.566. The van der Waals surface area contributed by atoms with E-state index < -0.39 is 0 Å². The minimum atomic E-state index is 0.566. The highest BCUT2D eigenvalue weighted by molar-refractivity contribution is 7.40. The molecule has 0 spiro atoms. The summed E-state index contributed by atoms with van der Waals surface area (Å²) in [5.41, 5.74) is 2.07. The lowest BCUT2D eigenvalue weighted by atomic mass is 10.2. The van der Waals surface area contributed by atoms with Gasteiger partial charge >= 0.3 is 0 Å². The molecule has 1 aromatic heterocycles. The van der Waals surface area contributed by atoms with E-state index in [9.17, 15) is 0 Å². The molecule has 2 rings (SSSR count). The summed E-state index contributed by atoms with van der Waals surface area (Å²) in [6.45, 7) is 5.23. The molecule has 0 aliphatic carbocycles. The number of nitrogens with zero attached hydrogens (tertiary/aromatic N) is 3. The van der Waals surface area contributed by atoms with Gasteiger partial charge in [0, 0.05) is 6.54 Å². The van der Waals surface area contributed by atoms with Crippen LogP contribution >= 0.6 is 20.3 Å². The molecule has 1 saturated heterocycles. The second-order valence-corrected chi connectivity index (χ2v) is 6.10. The lowest BCUT2D eigenvalue weighted by Crippen LogP contribution is -2.21. The van der Waals surface area contributed by atoms with Gasteiger partial charge in [-0.15, -0.1) is 0 Å². The normalized spacial score (nSPS) is 17.7. The van der Waals surface area contributed by atoms with Crippen LogP contribution in [0.5, 0.6) is 0 Å². The zero-order valence-electron chi connectivity index (χ0n) is 10.5. The highest BCUT2D eigenvalue weighted by Gasteiger charge is 2.18. The summed E-state index contributed by atoms with van der Waals surface area (Å²) in [4.78, 5) is 9.16. The fourth-order valence-corrected chi connectivity index (χ4v) is 3.67. The molecule has 0 amide bonds. The number of hydrogen-bond donors (Lipinski definition) is 0. The Balaban J connectivity index is 2.28. The van der Waals surface area contributed by atoms with Crippen LogP contribution in [0.25, 0.3) is 0 Å². The standard InChI is InChI=1S/C12H19ClN3P/c1-3-6-10-9(2)14-11(13)12(15-10)16-7-4-5-8-17-16/h17H,3-8H2,1-2H3. The predicted octanol–water partition coefficient (Wildman–Crippen LogP) is 3.58. The van der Waals surface area contributed by atoms with Gasteiger partial charge in [-0.05, 0) is 41.1 Å². The Kier molecular flexibility index (Phi) is 4.58. The van der Waals surface area contributed by atoms with Crippen molar-refractivity contribution in [1.29, 1.82) is 0 Å². The summed E-state index contributed by atoms with van der Waals surface area (Å²) in [7, 11) is 0.808. The molecule has 1 fully saturated rings. The molecule has 0 bridgehead atoms. The van der Waals surface area contributed by atoms with E-state index in [4.69, 9.17) is 16.6 Å². The van der Waals surface area contributed by atoms with E-state index in [-0.39, 0.29) is 0 Å². The van der Waals surface area contributed by atoms with Gasteiger partial charge in [-0.2, -0.15) is 0 Å². The Morgan fingerprint density at radius 1 is 1.35 bits per heavy atom. The minimum absolute atomic E-state index is 0.566. The van der Waals surface area contributed by atoms with Gasteiger partial charge in [-0.1, -0.05) is 24.9 Å². The smallest absolute Gasteiger partial charge is 0.172 e. The maximum Gasteiger partial charge on any atom is 0.172 e. The molecule has 94 valence electrons. The summed E-state index contributed by atoms with van der Waals surface area (Å²) < 4.78 is 2.30. The van der Waals surface area contributed by atoms with E-state index in [2.05, 4.69) is 16.6 Å². The van der Waals surface area contributed by atoms with Crippen molar-refractivity contribution in [2.24, 2.45) is 0 Å². The lowest BCUT2D eigenvalue weighted by molar-refractivity contribution is 0.770. The third-order valence-corrected chi connectivity index (χ3v) is 4.61. The molecular formula is C12H19ClN3P. The molecule has 1 atom stereocenters. The fourth-order valence-electron chi connectivity index (χ4n) is 2.03. The number of aryl methyl sites for hydroxylation is 2. The molecule has 3 nitrogen and oxygen atoms in total. The Morgan fingerprint density at radius 2 is 2.18 bits per heavy atom. The molecule has 0 N–H and O–H groups in total. The van der Waals surface area contributed by atoms with Gasteiger partial charge in [-0.3, -0.25) is 0 Å². The maximum absolute atomic E-state index is 6.22. The molecular weight excluding hydrogens is 253 g/mol. The van der Waals surface area contributed by atoms with Crippen molar-refractivity contribution in [3.05, 3.63) is 16.5 Å². The number of halogens is 1. The van der Waals surface area contributed by atoms with Gasteiger partial charge in [-0.25, -0.2) is 9.97 Å². The van der Waals surface area contributed by atoms with Crippen LogP contribution in [-0.4, -0.2) is 22.7 Å². The second kappa shape index (κ2) is 5.97. The lowest BCUT2D eigenvalue weighted by Gasteiger charge is -2.28. The Hall–Kier alpha value is -0.400. The number of rotatable bonds is 3. The Morgan fingerprint density at radius 3 is 2.82 bits per heavy atom. The highest BCUT2D eigenvalue weighted by atomic mass is 35.5. The number of anilines is 1. The first-order chi connectivity index (χ1) is 8.22. The predicted molar refractivity (Wildman–Crippen MR) is 75.5 cm³/mol. The highest BCUT2D eigenvalue weighted by Crippen LogP contribution is 2.35. The monoisotopic (exact) mass is 271 g/mol. The quantitative estimate of drug-likeness (QED) is 0.787. The van der Waals surface area contributed by atoms with Crippen LogP contribution in [0.3, 0.4) is 0 Å². The third kappa shape index (κ3) is 3.08. The van der Waals surface area contributed by atoms with Gasteiger partial charge in [0.2, 0.25) is 0 Å². The molecule has 17 heavy (non-hydrogen) atoms. The largest absolute Gasteiger partial charge is 0.336 e. The first-order valence-corrected chi connectivity index (χ1v) is 7.79. The van der Waals surface area contributed by atoms with E-state index in [1.807, 2.05) is 6.92 Å². The van der Waals surface area contributed by atoms with E-state index in [1.54, 1.807) is 0 Å². The molecule has 0 radical (unpaired) electrons. The van der Waals surface area contributed by atoms with Crippen molar-refractivity contribution < 1.29 is 0 Å². The molecule has 1 aliphatic rings. The Bertz CT molecular complexity index is 392. The van der Waals surface area contributed by atoms with Crippen LogP contribution in [0, 0.1) is 6.92 Å². The summed E-state index contributed by atoms with van der Waals surface area (Å²) in [6, 6.07) is 0. The molecule has 1 aliphatic heterocycles. The van der Waals surface area contributed by atoms with Crippen molar-refractivity contribution in [2.45, 2.75) is 39.5 Å². The van der Waals surface area contributed by atoms with E-state index >= 15 is 0 Å². The average Bonchev–Trinajstić information content (AvgIpc) is 2.34. The van der Waals surface area contributed by atoms with Crippen LogP contribution in [0.2, 0.25) is 5.15 Å². The van der Waals surface area contributed by atoms with Gasteiger partial charge in [0.15, 0.2) is 11.0 Å². The second-order valence-electron chi connectivity index (χ2n) is 4.39. The summed E-state index contributed by atoms with van der Waals surface area (Å²) in [5.74, 6) is 0.902. The maximum atomic E-state index is 6.22. The fraction of sp³-hybridized carbons (Fsp3) is 0.667. The van der Waals surface area contributed by atoms with Crippen LogP contribution < -0.4 is 4.67 Å². The van der Waals surface area contributed by atoms with Gasteiger partial charge < -0.3 is 4.67 Å². The zero-order valence-corrected chi connectivity index (χ0v) is 12.2. The van der Waals surface area contributed by atoms with Crippen LogP contribution in [0.1, 0.15) is 37.6 Å². The molecule has 1 aromatic rings. The third-order valence-electron chi connectivity index (χ3n) is 2.96. The van der Waals surface area contributed by atoms with Crippen molar-refractivity contribution in [2.75, 3.05) is 17.4 Å². The first-order valence-electron chi connectivity index (χ1n) is 6.26. The van der Waals surface area contributed by atoms with Crippen LogP contribution in [-0.2, 0) is 6.42 Å². The average molecular weight is 272 g/mol. The van der Waals surface area contributed by atoms with Crippen molar-refractivity contribution in [3.63, 3.8) is 0 Å². The van der Waals surface area contributed by atoms with Crippen molar-refractivity contribution >= 4 is 26.2 Å². The van der Waals surface area contributed by atoms with Crippen molar-refractivity contribution in [1.82, 2.24) is 9.97 Å². The molecule has 2 heterocycles. The van der Waals surface area contributed by atoms with Crippen molar-refractivity contribution in [3.8, 4) is 0 Å². The molecule has 0 aromatic carbocycles. The van der Waals surface area contributed by atoms with Gasteiger partial charge in [0.25, 0.3) is 0 Å². The van der Waals surface area contributed by atoms with Crippen LogP contribution in [0.4, 0.5) is 5.82 Å². The molecule has 0 saturated carbocycles. The zero-order chi connectivity index (χ0) is 12.3. The van der Waals surface area contributed by atoms with E-state index in [0.717, 1.165) is 45.3 Å². The minimum Gasteiger partial charge on any atom is -0.336 e. The number of hydrogen-bond acceptors (Lipinski definition) is 3. The first kappa shape index (κ1) is 13.0. The SMILES string of the molecule is CCCc1nc(N2CCCCP2)c(Cl)nc1C. The van der Waals surface area contributed by atoms with Gasteiger partial charge in [0.1, 0.15) is 0 Å².